The van der Waals surface area contributed by atoms with E-state index in [1.165, 1.54) is 6.33 Å². The van der Waals surface area contributed by atoms with Crippen molar-refractivity contribution in [2.75, 3.05) is 0 Å². The average Bonchev–Trinajstić information content (AvgIpc) is 2.59. The van der Waals surface area contributed by atoms with Gasteiger partial charge in [-0.05, 0) is 0 Å². The maximum absolute atomic E-state index is 4.93. The van der Waals surface area contributed by atoms with Gasteiger partial charge in [0.05, 0.1) is 0 Å². The van der Waals surface area contributed by atoms with Crippen molar-refractivity contribution in [3.05, 3.63) is 12.7 Å². The van der Waals surface area contributed by atoms with Gasteiger partial charge in [-0.15, -0.1) is 0 Å². The molecule has 0 saturated carbocycles. The first-order chi connectivity index (χ1) is 4.97. The van der Waals surface area contributed by atoms with Crippen LogP contribution in [0.3, 0.4) is 0 Å². The predicted molar refractivity (Wildman–Crippen MR) is 33.3 cm³/mol. The molecule has 1 atom stereocenters. The molecule has 0 N–H and O–H groups in total. The Bertz CT molecular complexity index is 222. The van der Waals surface area contributed by atoms with E-state index in [9.17, 15) is 0 Å². The maximum Gasteiger partial charge on any atom is 0.225 e. The summed E-state index contributed by atoms with van der Waals surface area (Å²) in [5, 5.41) is 7.51. The highest BCUT2D eigenvalue weighted by atomic mass is 16.7. The maximum atomic E-state index is 4.93. The number of nitrogens with zero attached hydrogens (tertiary/aromatic N) is 4. The summed E-state index contributed by atoms with van der Waals surface area (Å²) in [6.45, 7) is 0. The molecule has 1 unspecified atom stereocenters. The van der Waals surface area contributed by atoms with E-state index >= 15 is 0 Å². The molecule has 0 fully saturated rings. The highest BCUT2D eigenvalue weighted by Gasteiger charge is 2.14. The minimum Gasteiger partial charge on any atom is -0.369 e. The fourth-order valence-corrected chi connectivity index (χ4v) is 0.812. The third-order valence-electron chi connectivity index (χ3n) is 1.30. The first-order valence-electron chi connectivity index (χ1n) is 2.98. The van der Waals surface area contributed by atoms with Crippen LogP contribution >= 0.6 is 0 Å². The minimum atomic E-state index is -0.0810. The van der Waals surface area contributed by atoms with Crippen molar-refractivity contribution in [1.29, 1.82) is 0 Å². The van der Waals surface area contributed by atoms with E-state index in [4.69, 9.17) is 4.84 Å². The Morgan fingerprint density at radius 3 is 3.20 bits per heavy atom. The summed E-state index contributed by atoms with van der Waals surface area (Å²) in [7, 11) is 0. The van der Waals surface area contributed by atoms with Crippen molar-refractivity contribution in [2.45, 2.75) is 12.6 Å². The fourth-order valence-electron chi connectivity index (χ4n) is 0.812. The monoisotopic (exact) mass is 138 g/mol. The van der Waals surface area contributed by atoms with Crippen LogP contribution in [0.25, 0.3) is 0 Å². The van der Waals surface area contributed by atoms with E-state index in [2.05, 4.69) is 15.2 Å². The largest absolute Gasteiger partial charge is 0.369 e. The molecule has 0 aromatic carbocycles. The molecule has 5 nitrogen and oxygen atoms in total. The van der Waals surface area contributed by atoms with Gasteiger partial charge in [0.15, 0.2) is 0 Å². The molecule has 52 valence electrons. The Kier molecular flexibility index (Phi) is 1.13. The van der Waals surface area contributed by atoms with Crippen LogP contribution in [0.15, 0.2) is 17.8 Å². The lowest BCUT2D eigenvalue weighted by Crippen LogP contribution is -2.07. The number of hydrogen-bond donors (Lipinski definition) is 0. The molecule has 5 heteroatoms. The van der Waals surface area contributed by atoms with Gasteiger partial charge in [-0.2, -0.15) is 5.10 Å². The zero-order valence-corrected chi connectivity index (χ0v) is 5.21. The van der Waals surface area contributed by atoms with E-state index in [1.54, 1.807) is 17.2 Å². The molecular formula is C5H6N4O. The van der Waals surface area contributed by atoms with Crippen molar-refractivity contribution >= 4 is 6.21 Å². The molecule has 2 rings (SSSR count). The Morgan fingerprint density at radius 1 is 1.60 bits per heavy atom. The molecule has 1 aromatic rings. The molecular weight excluding hydrogens is 132 g/mol. The summed E-state index contributed by atoms with van der Waals surface area (Å²) in [6, 6.07) is 0. The summed E-state index contributed by atoms with van der Waals surface area (Å²) < 4.78 is 1.63. The first kappa shape index (κ1) is 5.40. The lowest BCUT2D eigenvalue weighted by atomic mass is 10.4. The number of rotatable bonds is 1. The van der Waals surface area contributed by atoms with Crippen LogP contribution in [0.1, 0.15) is 12.6 Å². The Labute approximate surface area is 57.3 Å². The molecule has 10 heavy (non-hydrogen) atoms. The SMILES string of the molecule is C1=NOC(n2cncn2)C1. The Balaban J connectivity index is 2.14. The summed E-state index contributed by atoms with van der Waals surface area (Å²) in [5.41, 5.74) is 0. The number of aromatic nitrogens is 3. The number of oxime groups is 1. The van der Waals surface area contributed by atoms with Crippen molar-refractivity contribution < 1.29 is 4.84 Å². The minimum absolute atomic E-state index is 0.0810. The smallest absolute Gasteiger partial charge is 0.225 e. The zero-order valence-electron chi connectivity index (χ0n) is 5.21. The molecule has 0 radical (unpaired) electrons. The van der Waals surface area contributed by atoms with Crippen molar-refractivity contribution in [3.8, 4) is 0 Å². The van der Waals surface area contributed by atoms with Crippen molar-refractivity contribution in [3.63, 3.8) is 0 Å². The molecule has 1 aliphatic rings. The highest BCUT2D eigenvalue weighted by molar-refractivity contribution is 5.57. The van der Waals surface area contributed by atoms with Crippen LogP contribution < -0.4 is 0 Å². The second kappa shape index (κ2) is 2.09. The molecule has 0 spiro atoms. The van der Waals surface area contributed by atoms with E-state index in [0.29, 0.717) is 0 Å². The zero-order chi connectivity index (χ0) is 6.81. The van der Waals surface area contributed by atoms with Crippen LogP contribution in [0.5, 0.6) is 0 Å². The molecule has 0 saturated heterocycles. The molecule has 0 bridgehead atoms. The second-order valence-electron chi connectivity index (χ2n) is 1.96. The lowest BCUT2D eigenvalue weighted by molar-refractivity contribution is 0.0228. The van der Waals surface area contributed by atoms with E-state index < -0.39 is 0 Å². The van der Waals surface area contributed by atoms with Crippen LogP contribution in [-0.4, -0.2) is 21.0 Å². The van der Waals surface area contributed by atoms with Crippen molar-refractivity contribution in [1.82, 2.24) is 14.8 Å². The van der Waals surface area contributed by atoms with Gasteiger partial charge in [0.1, 0.15) is 12.7 Å². The van der Waals surface area contributed by atoms with Gasteiger partial charge >= 0.3 is 0 Å². The predicted octanol–water partition coefficient (Wildman–Crippen LogP) is 0.183. The van der Waals surface area contributed by atoms with E-state index in [-0.39, 0.29) is 6.23 Å². The number of hydrogen-bond acceptors (Lipinski definition) is 4. The van der Waals surface area contributed by atoms with E-state index in [0.717, 1.165) is 6.42 Å². The summed E-state index contributed by atoms with van der Waals surface area (Å²) in [6.07, 6.45) is 5.49. The fraction of sp³-hybridized carbons (Fsp3) is 0.400. The van der Waals surface area contributed by atoms with Gasteiger partial charge in [-0.1, -0.05) is 5.16 Å². The molecule has 1 aromatic heterocycles. The molecule has 0 aliphatic carbocycles. The van der Waals surface area contributed by atoms with Crippen LogP contribution in [0.4, 0.5) is 0 Å². The highest BCUT2D eigenvalue weighted by Crippen LogP contribution is 2.14. The molecule has 2 heterocycles. The quantitative estimate of drug-likeness (QED) is 0.556. The Hall–Kier alpha value is -1.39. The second-order valence-corrected chi connectivity index (χ2v) is 1.96. The lowest BCUT2D eigenvalue weighted by Gasteiger charge is -2.05. The topological polar surface area (TPSA) is 52.3 Å². The Morgan fingerprint density at radius 2 is 2.60 bits per heavy atom. The average molecular weight is 138 g/mol. The first-order valence-corrected chi connectivity index (χ1v) is 2.98. The van der Waals surface area contributed by atoms with E-state index in [1.807, 2.05) is 0 Å². The van der Waals surface area contributed by atoms with Gasteiger partial charge in [-0.3, -0.25) is 0 Å². The van der Waals surface area contributed by atoms with Gasteiger partial charge in [-0.25, -0.2) is 9.67 Å². The van der Waals surface area contributed by atoms with Crippen LogP contribution in [-0.2, 0) is 4.84 Å². The summed E-state index contributed by atoms with van der Waals surface area (Å²) >= 11 is 0. The summed E-state index contributed by atoms with van der Waals surface area (Å²) in [4.78, 5) is 8.71. The molecule has 0 amide bonds. The normalized spacial score (nSPS) is 23.0. The molecule has 1 aliphatic heterocycles. The third-order valence-corrected chi connectivity index (χ3v) is 1.30. The standard InChI is InChI=1S/C5H6N4O/c1-2-8-10-5(1)9-4-6-3-7-9/h2-5H,1H2. The summed E-state index contributed by atoms with van der Waals surface area (Å²) in [5.74, 6) is 0. The van der Waals surface area contributed by atoms with Crippen LogP contribution in [0, 0.1) is 0 Å². The van der Waals surface area contributed by atoms with Gasteiger partial charge in [0.2, 0.25) is 6.23 Å². The third kappa shape index (κ3) is 0.754. The van der Waals surface area contributed by atoms with Gasteiger partial charge in [0.25, 0.3) is 0 Å². The van der Waals surface area contributed by atoms with Gasteiger partial charge in [0, 0.05) is 12.6 Å². The van der Waals surface area contributed by atoms with Crippen LogP contribution in [0.2, 0.25) is 0 Å². The van der Waals surface area contributed by atoms with Gasteiger partial charge < -0.3 is 4.84 Å². The van der Waals surface area contributed by atoms with Crippen molar-refractivity contribution in [2.24, 2.45) is 5.16 Å².